The minimum Gasteiger partial charge on any atom is -0.465 e. The molecular formula is C23H23BClFN4O5S. The van der Waals surface area contributed by atoms with Crippen LogP contribution in [0.1, 0.15) is 37.1 Å². The highest BCUT2D eigenvalue weighted by Gasteiger charge is 2.34. The number of hydrogen-bond acceptors (Lipinski definition) is 7. The molecule has 0 N–H and O–H groups in total. The first-order valence-electron chi connectivity index (χ1n) is 11.2. The molecule has 0 fully saturated rings. The van der Waals surface area contributed by atoms with E-state index in [1.54, 1.807) is 17.8 Å². The summed E-state index contributed by atoms with van der Waals surface area (Å²) in [6.07, 6.45) is 4.71. The molecule has 0 aliphatic heterocycles. The van der Waals surface area contributed by atoms with Crippen molar-refractivity contribution in [3.63, 3.8) is 0 Å². The average Bonchev–Trinajstić information content (AvgIpc) is 3.25. The molecule has 1 atom stereocenters. The van der Waals surface area contributed by atoms with Crippen molar-refractivity contribution in [2.24, 2.45) is 0 Å². The lowest BCUT2D eigenvalue weighted by molar-refractivity contribution is -0.144. The minimum atomic E-state index is -4.00. The largest absolute Gasteiger partial charge is 0.465 e. The van der Waals surface area contributed by atoms with Crippen LogP contribution >= 0.6 is 11.6 Å². The zero-order valence-electron chi connectivity index (χ0n) is 19.6. The Morgan fingerprint density at radius 2 is 2.11 bits per heavy atom. The first-order chi connectivity index (χ1) is 17.1. The molecule has 2 aromatic heterocycles. The van der Waals surface area contributed by atoms with E-state index in [1.807, 2.05) is 0 Å². The Kier molecular flexibility index (Phi) is 7.67. The van der Waals surface area contributed by atoms with E-state index in [2.05, 4.69) is 10.1 Å². The fourth-order valence-electron chi connectivity index (χ4n) is 4.10. The number of hydrogen-bond donors (Lipinski definition) is 0. The van der Waals surface area contributed by atoms with E-state index in [9.17, 15) is 17.6 Å². The molecule has 0 amide bonds. The van der Waals surface area contributed by atoms with Crippen LogP contribution in [0.25, 0.3) is 0 Å². The van der Waals surface area contributed by atoms with Gasteiger partial charge in [-0.05, 0) is 49.8 Å². The SMILES string of the molecule is [B]c1cc(S(=O)(=O)N(C)[C@@H]2CCCc3c2cnn3CC(=O)OCC)cnc1Oc1ccc(Cl)c(F)c1. The topological polar surface area (TPSA) is 104 Å². The Morgan fingerprint density at radius 1 is 1.33 bits per heavy atom. The second-order valence-electron chi connectivity index (χ2n) is 8.18. The fourth-order valence-corrected chi connectivity index (χ4v) is 5.57. The van der Waals surface area contributed by atoms with Crippen molar-refractivity contribution in [3.8, 4) is 11.6 Å². The standard InChI is InChI=1S/C23H23BClFN4O5S/c1-3-34-22(31)13-30-21-6-4-5-20(16(21)12-28-30)29(2)36(32,33)15-10-17(24)23(27-11-15)35-14-7-8-18(25)19(26)9-14/h7-12,20H,3-6,13H2,1-2H3/t20-/m1/s1. The van der Waals surface area contributed by atoms with E-state index in [0.29, 0.717) is 12.8 Å². The summed E-state index contributed by atoms with van der Waals surface area (Å²) in [6.45, 7) is 1.96. The molecule has 1 aliphatic rings. The van der Waals surface area contributed by atoms with Crippen molar-refractivity contribution in [3.05, 3.63) is 58.8 Å². The summed E-state index contributed by atoms with van der Waals surface area (Å²) in [7, 11) is 3.50. The van der Waals surface area contributed by atoms with Crippen LogP contribution in [-0.2, 0) is 32.5 Å². The number of carbonyl (C=O) groups is 1. The highest BCUT2D eigenvalue weighted by atomic mass is 35.5. The molecule has 1 aromatic carbocycles. The number of carbonyl (C=O) groups excluding carboxylic acids is 1. The third-order valence-electron chi connectivity index (χ3n) is 5.89. The van der Waals surface area contributed by atoms with Gasteiger partial charge in [-0.2, -0.15) is 9.40 Å². The minimum absolute atomic E-state index is 0.0357. The fraction of sp³-hybridized carbons (Fsp3) is 0.348. The molecule has 4 rings (SSSR count). The molecule has 0 spiro atoms. The van der Waals surface area contributed by atoms with Gasteiger partial charge in [-0.3, -0.25) is 9.48 Å². The molecule has 2 radical (unpaired) electrons. The maximum atomic E-state index is 13.7. The lowest BCUT2D eigenvalue weighted by atomic mass is 9.93. The van der Waals surface area contributed by atoms with Gasteiger partial charge < -0.3 is 9.47 Å². The van der Waals surface area contributed by atoms with Gasteiger partial charge in [0, 0.05) is 24.4 Å². The van der Waals surface area contributed by atoms with Crippen molar-refractivity contribution in [2.45, 2.75) is 43.7 Å². The van der Waals surface area contributed by atoms with Crippen molar-refractivity contribution >= 4 is 40.9 Å². The highest BCUT2D eigenvalue weighted by molar-refractivity contribution is 7.89. The number of halogens is 2. The maximum Gasteiger partial charge on any atom is 0.327 e. The monoisotopic (exact) mass is 532 g/mol. The Hall–Kier alpha value is -2.96. The number of benzene rings is 1. The van der Waals surface area contributed by atoms with Crippen LogP contribution in [0.2, 0.25) is 5.02 Å². The summed E-state index contributed by atoms with van der Waals surface area (Å²) in [5.41, 5.74) is 1.51. The van der Waals surface area contributed by atoms with Gasteiger partial charge in [-0.25, -0.2) is 17.8 Å². The summed E-state index contributed by atoms with van der Waals surface area (Å²) in [4.78, 5) is 15.8. The van der Waals surface area contributed by atoms with Crippen molar-refractivity contribution < 1.29 is 27.1 Å². The molecule has 0 bridgehead atoms. The number of fused-ring (bicyclic) bond motifs is 1. The van der Waals surface area contributed by atoms with Gasteiger partial charge >= 0.3 is 5.97 Å². The van der Waals surface area contributed by atoms with Crippen LogP contribution in [0.5, 0.6) is 11.6 Å². The maximum absolute atomic E-state index is 13.7. The quantitative estimate of drug-likeness (QED) is 0.325. The molecule has 3 aromatic rings. The molecule has 0 saturated carbocycles. The zero-order valence-corrected chi connectivity index (χ0v) is 21.2. The normalized spacial score (nSPS) is 15.5. The van der Waals surface area contributed by atoms with Crippen molar-refractivity contribution in [1.29, 1.82) is 0 Å². The van der Waals surface area contributed by atoms with Crippen LogP contribution < -0.4 is 10.2 Å². The summed E-state index contributed by atoms with van der Waals surface area (Å²) in [6, 6.07) is 4.60. The first kappa shape index (κ1) is 26.1. The van der Waals surface area contributed by atoms with E-state index < -0.39 is 27.9 Å². The van der Waals surface area contributed by atoms with Crippen LogP contribution in [0.4, 0.5) is 4.39 Å². The molecule has 36 heavy (non-hydrogen) atoms. The Bertz CT molecular complexity index is 1400. The van der Waals surface area contributed by atoms with Crippen LogP contribution in [-0.4, -0.2) is 55.0 Å². The second-order valence-corrected chi connectivity index (χ2v) is 10.6. The van der Waals surface area contributed by atoms with Gasteiger partial charge in [0.2, 0.25) is 15.9 Å². The van der Waals surface area contributed by atoms with Crippen molar-refractivity contribution in [1.82, 2.24) is 19.1 Å². The Balaban J connectivity index is 1.56. The molecule has 0 saturated heterocycles. The smallest absolute Gasteiger partial charge is 0.327 e. The third-order valence-corrected chi connectivity index (χ3v) is 8.03. The average molecular weight is 533 g/mol. The van der Waals surface area contributed by atoms with Crippen molar-refractivity contribution in [2.75, 3.05) is 13.7 Å². The van der Waals surface area contributed by atoms with Gasteiger partial charge in [0.05, 0.1) is 30.1 Å². The highest BCUT2D eigenvalue weighted by Crippen LogP contribution is 2.36. The summed E-state index contributed by atoms with van der Waals surface area (Å²) in [5.74, 6) is -1.04. The number of nitrogens with zero attached hydrogens (tertiary/aromatic N) is 4. The van der Waals surface area contributed by atoms with Crippen LogP contribution in [0, 0.1) is 5.82 Å². The number of pyridine rings is 1. The number of ether oxygens (including phenoxy) is 2. The van der Waals surface area contributed by atoms with E-state index in [0.717, 1.165) is 29.9 Å². The van der Waals surface area contributed by atoms with Gasteiger partial charge in [0.25, 0.3) is 0 Å². The molecule has 9 nitrogen and oxygen atoms in total. The summed E-state index contributed by atoms with van der Waals surface area (Å²) >= 11 is 5.68. The van der Waals surface area contributed by atoms with E-state index in [-0.39, 0.29) is 40.2 Å². The van der Waals surface area contributed by atoms with E-state index >= 15 is 0 Å². The van der Waals surface area contributed by atoms with Gasteiger partial charge in [-0.15, -0.1) is 0 Å². The summed E-state index contributed by atoms with van der Waals surface area (Å²) < 4.78 is 53.9. The lowest BCUT2D eigenvalue weighted by Crippen LogP contribution is -2.34. The molecule has 13 heteroatoms. The number of aromatic nitrogens is 3. The number of sulfonamides is 1. The third kappa shape index (κ3) is 5.25. The first-order valence-corrected chi connectivity index (χ1v) is 13.0. The lowest BCUT2D eigenvalue weighted by Gasteiger charge is -2.31. The molecular weight excluding hydrogens is 510 g/mol. The predicted molar refractivity (Wildman–Crippen MR) is 131 cm³/mol. The number of rotatable bonds is 8. The molecule has 0 unspecified atom stereocenters. The predicted octanol–water partition coefficient (Wildman–Crippen LogP) is 2.92. The molecule has 1 aliphatic carbocycles. The van der Waals surface area contributed by atoms with Gasteiger partial charge in [0.15, 0.2) is 0 Å². The molecule has 188 valence electrons. The Labute approximate surface area is 214 Å². The summed E-state index contributed by atoms with van der Waals surface area (Å²) in [5, 5.41) is 4.23. The van der Waals surface area contributed by atoms with E-state index in [4.69, 9.17) is 28.9 Å². The van der Waals surface area contributed by atoms with E-state index in [1.165, 1.54) is 29.6 Å². The van der Waals surface area contributed by atoms with Crippen LogP contribution in [0.15, 0.2) is 41.6 Å². The second kappa shape index (κ2) is 10.6. The molecule has 2 heterocycles. The van der Waals surface area contributed by atoms with Crippen LogP contribution in [0.3, 0.4) is 0 Å². The Morgan fingerprint density at radius 3 is 2.81 bits per heavy atom. The van der Waals surface area contributed by atoms with Gasteiger partial charge in [-0.1, -0.05) is 11.6 Å². The van der Waals surface area contributed by atoms with Gasteiger partial charge in [0.1, 0.15) is 30.9 Å². The zero-order chi connectivity index (χ0) is 26.0. The number of esters is 1.